The topological polar surface area (TPSA) is 203 Å². The molecule has 1 fully saturated rings. The Morgan fingerprint density at radius 1 is 1.05 bits per heavy atom. The number of rotatable bonds is 9. The van der Waals surface area contributed by atoms with E-state index < -0.39 is 71.8 Å². The Kier molecular flexibility index (Phi) is 18.2. The molecule has 1 aromatic carbocycles. The number of fused-ring (bicyclic) bond motifs is 2. The van der Waals surface area contributed by atoms with Crippen molar-refractivity contribution in [1.29, 1.82) is 0 Å². The van der Waals surface area contributed by atoms with Gasteiger partial charge in [0.1, 0.15) is 35.8 Å². The lowest BCUT2D eigenvalue weighted by Crippen LogP contribution is -2.62. The minimum absolute atomic E-state index is 0.0159. The van der Waals surface area contributed by atoms with Crippen molar-refractivity contribution in [2.24, 2.45) is 17.8 Å². The zero-order valence-corrected chi connectivity index (χ0v) is 33.3. The second-order valence-electron chi connectivity index (χ2n) is 14.9. The first-order valence-corrected chi connectivity index (χ1v) is 19.3. The third-order valence-electron chi connectivity index (χ3n) is 9.95. The van der Waals surface area contributed by atoms with Crippen molar-refractivity contribution in [1.82, 2.24) is 26.4 Å². The minimum atomic E-state index is -1.18. The Morgan fingerprint density at radius 3 is 2.43 bits per heavy atom. The number of esters is 1. The van der Waals surface area contributed by atoms with Crippen molar-refractivity contribution in [3.05, 3.63) is 77.9 Å². The maximum atomic E-state index is 14.3. The van der Waals surface area contributed by atoms with Gasteiger partial charge in [-0.25, -0.2) is 5.43 Å². The van der Waals surface area contributed by atoms with Crippen LogP contribution in [-0.2, 0) is 39.9 Å². The molecule has 1 saturated heterocycles. The first kappa shape index (κ1) is 45.3. The van der Waals surface area contributed by atoms with E-state index in [0.29, 0.717) is 36.8 Å². The maximum absolute atomic E-state index is 14.3. The molecule has 2 aliphatic rings. The van der Waals surface area contributed by atoms with Crippen LogP contribution in [0.1, 0.15) is 78.7 Å². The molecule has 2 unspecified atom stereocenters. The number of ether oxygens (including phenoxy) is 1. The number of cyclic esters (lactones) is 1. The van der Waals surface area contributed by atoms with E-state index in [2.05, 4.69) is 21.4 Å². The molecular formula is C42H59N5O9. The molecule has 3 rings (SSSR count). The summed E-state index contributed by atoms with van der Waals surface area (Å²) in [6.45, 7) is 8.71. The number of nitrogens with one attached hydrogen (secondary N) is 4. The Morgan fingerprint density at radius 2 is 1.77 bits per heavy atom. The van der Waals surface area contributed by atoms with Crippen LogP contribution in [0.2, 0.25) is 0 Å². The van der Waals surface area contributed by atoms with Crippen LogP contribution in [0.5, 0.6) is 5.75 Å². The normalized spacial score (nSPS) is 27.7. The van der Waals surface area contributed by atoms with Crippen LogP contribution in [-0.4, -0.2) is 94.5 Å². The van der Waals surface area contributed by atoms with Crippen LogP contribution in [0.25, 0.3) is 0 Å². The highest BCUT2D eigenvalue weighted by Crippen LogP contribution is 2.24. The summed E-state index contributed by atoms with van der Waals surface area (Å²) in [6, 6.07) is 3.13. The van der Waals surface area contributed by atoms with Gasteiger partial charge in [0.05, 0.1) is 12.0 Å². The summed E-state index contributed by atoms with van der Waals surface area (Å²) < 4.78 is 6.00. The van der Waals surface area contributed by atoms with Crippen molar-refractivity contribution >= 4 is 35.4 Å². The van der Waals surface area contributed by atoms with Crippen molar-refractivity contribution < 1.29 is 43.7 Å². The van der Waals surface area contributed by atoms with Gasteiger partial charge in [0.15, 0.2) is 0 Å². The van der Waals surface area contributed by atoms with Crippen LogP contribution in [0.15, 0.2) is 72.4 Å². The molecule has 0 aromatic heterocycles. The third kappa shape index (κ3) is 14.2. The number of hydrazine groups is 1. The number of aliphatic hydroxyl groups excluding tert-OH is 1. The quantitative estimate of drug-likeness (QED) is 0.123. The predicted octanol–water partition coefficient (Wildman–Crippen LogP) is 3.10. The lowest BCUT2D eigenvalue weighted by atomic mass is 9.85. The van der Waals surface area contributed by atoms with Crippen molar-refractivity contribution in [3.63, 3.8) is 0 Å². The van der Waals surface area contributed by atoms with Crippen LogP contribution in [0.4, 0.5) is 0 Å². The van der Waals surface area contributed by atoms with Crippen molar-refractivity contribution in [3.8, 4) is 5.75 Å². The standard InChI is InChI=1S/C42H59N5O9/c1-26(2)37-40(53)44-34(25-30-16-12-17-31(49)24-30)41(54)47-23-13-18-33(46-47)42(55)56-35(27(3)15-11-20-36(50)43-6)19-10-8-7-9-14-28(4)38(51)32(39(52)45-37)22-21-29(5)48/h7-12,15-17,20,24,26,28,32-35,37-38,46,49,51H,13-14,18-19,21-23,25H2,1-6H3,(H,43,50)(H,44,53)(H,45,52)/b9-7+,10-8+,20-11+,27-15+/t28-,32+,33?,34?,35-,37-,38+/m0/s1. The van der Waals surface area contributed by atoms with Crippen LogP contribution < -0.4 is 21.4 Å². The van der Waals surface area contributed by atoms with Gasteiger partial charge in [-0.3, -0.25) is 29.0 Å². The lowest BCUT2D eigenvalue weighted by Gasteiger charge is -2.36. The number of Topliss-reactive ketones (excluding diaryl/α,β-unsaturated/α-hetero) is 1. The number of amides is 4. The Balaban J connectivity index is 2.05. The third-order valence-corrected chi connectivity index (χ3v) is 9.95. The number of likely N-dealkylation sites (N-methyl/N-ethyl adjacent to an activating group) is 1. The number of nitrogens with zero attached hydrogens (tertiary/aromatic N) is 1. The molecule has 306 valence electrons. The second-order valence-corrected chi connectivity index (χ2v) is 14.9. The molecule has 0 aliphatic carbocycles. The number of aromatic hydroxyl groups is 1. The zero-order valence-electron chi connectivity index (χ0n) is 33.3. The fraction of sp³-hybridized carbons (Fsp3) is 0.524. The van der Waals surface area contributed by atoms with Gasteiger partial charge < -0.3 is 35.7 Å². The average molecular weight is 778 g/mol. The first-order chi connectivity index (χ1) is 26.6. The number of allylic oxidation sites excluding steroid dienone is 5. The van der Waals surface area contributed by atoms with E-state index in [-0.39, 0.29) is 43.2 Å². The van der Waals surface area contributed by atoms with Gasteiger partial charge in [0.2, 0.25) is 17.7 Å². The number of phenolic OH excluding ortho intramolecular Hbond substituents is 1. The molecule has 7 atom stereocenters. The summed E-state index contributed by atoms with van der Waals surface area (Å²) in [5, 5.41) is 31.0. The predicted molar refractivity (Wildman–Crippen MR) is 211 cm³/mol. The summed E-state index contributed by atoms with van der Waals surface area (Å²) in [5.41, 5.74) is 4.23. The number of aliphatic hydroxyl groups is 1. The first-order valence-electron chi connectivity index (χ1n) is 19.3. The molecule has 2 aliphatic heterocycles. The van der Waals surface area contributed by atoms with Gasteiger partial charge in [-0.2, -0.15) is 0 Å². The minimum Gasteiger partial charge on any atom is -0.508 e. The summed E-state index contributed by atoms with van der Waals surface area (Å²) in [5.74, 6) is -4.63. The maximum Gasteiger partial charge on any atom is 0.325 e. The molecule has 0 radical (unpaired) electrons. The summed E-state index contributed by atoms with van der Waals surface area (Å²) in [7, 11) is 1.52. The van der Waals surface area contributed by atoms with E-state index in [4.69, 9.17) is 4.74 Å². The molecule has 1 aromatic rings. The largest absolute Gasteiger partial charge is 0.508 e. The van der Waals surface area contributed by atoms with E-state index >= 15 is 0 Å². The summed E-state index contributed by atoms with van der Waals surface area (Å²) >= 11 is 0. The SMILES string of the molecule is CNC(=O)/C=C/C=C(\C)[C@@H]1C/C=C/C=C/C[C@H](C)[C@@H](O)[C@@H](CCC(C)=O)C(=O)N[C@@H](C(C)C)C(=O)NC(Cc2cccc(O)c2)C(=O)N2CCCC(N2)C(=O)O1. The van der Waals surface area contributed by atoms with E-state index in [0.717, 1.165) is 0 Å². The Bertz CT molecular complexity index is 1670. The fourth-order valence-electron chi connectivity index (χ4n) is 6.51. The second kappa shape index (κ2) is 22.5. The number of hydrogen-bond donors (Lipinski definition) is 6. The molecule has 56 heavy (non-hydrogen) atoms. The average Bonchev–Trinajstić information content (AvgIpc) is 3.16. The van der Waals surface area contributed by atoms with Crippen LogP contribution in [0.3, 0.4) is 0 Å². The van der Waals surface area contributed by atoms with Gasteiger partial charge in [0.25, 0.3) is 5.91 Å². The van der Waals surface area contributed by atoms with Gasteiger partial charge in [0, 0.05) is 38.9 Å². The van der Waals surface area contributed by atoms with Crippen molar-refractivity contribution in [2.75, 3.05) is 13.6 Å². The van der Waals surface area contributed by atoms with Gasteiger partial charge in [-0.05, 0) is 74.6 Å². The van der Waals surface area contributed by atoms with Crippen molar-refractivity contribution in [2.45, 2.75) is 110 Å². The number of benzene rings is 1. The summed E-state index contributed by atoms with van der Waals surface area (Å²) in [4.78, 5) is 79.5. The van der Waals surface area contributed by atoms with E-state index in [1.165, 1.54) is 37.2 Å². The van der Waals surface area contributed by atoms with Gasteiger partial charge in [-0.1, -0.05) is 69.4 Å². The van der Waals surface area contributed by atoms with Crippen LogP contribution in [0, 0.1) is 17.8 Å². The highest BCUT2D eigenvalue weighted by atomic mass is 16.5. The number of ketones is 1. The Hall–Kier alpha value is -5.08. The molecule has 2 heterocycles. The molecule has 14 nitrogen and oxygen atoms in total. The molecule has 0 saturated carbocycles. The molecule has 2 bridgehead atoms. The van der Waals surface area contributed by atoms with E-state index in [1.807, 2.05) is 12.2 Å². The smallest absolute Gasteiger partial charge is 0.325 e. The fourth-order valence-corrected chi connectivity index (χ4v) is 6.51. The highest BCUT2D eigenvalue weighted by molar-refractivity contribution is 5.93. The number of carbonyl (C=O) groups is 6. The number of hydrogen-bond acceptors (Lipinski definition) is 10. The van der Waals surface area contributed by atoms with Gasteiger partial charge in [-0.15, -0.1) is 0 Å². The Labute approximate surface area is 329 Å². The zero-order chi connectivity index (χ0) is 41.4. The van der Waals surface area contributed by atoms with Gasteiger partial charge >= 0.3 is 5.97 Å². The van der Waals surface area contributed by atoms with E-state index in [9.17, 15) is 39.0 Å². The molecular weight excluding hydrogens is 718 g/mol. The van der Waals surface area contributed by atoms with E-state index in [1.54, 1.807) is 64.1 Å². The summed E-state index contributed by atoms with van der Waals surface area (Å²) in [6.07, 6.45) is 11.7. The van der Waals surface area contributed by atoms with Crippen LogP contribution >= 0.6 is 0 Å². The molecule has 4 amide bonds. The number of carbonyl (C=O) groups excluding carboxylic acids is 6. The molecule has 0 spiro atoms. The number of phenols is 1. The molecule has 6 N–H and O–H groups in total. The lowest BCUT2D eigenvalue weighted by molar-refractivity contribution is -0.156. The monoisotopic (exact) mass is 777 g/mol. The molecule has 14 heteroatoms. The highest BCUT2D eigenvalue weighted by Gasteiger charge is 2.37.